The van der Waals surface area contributed by atoms with Crippen LogP contribution in [0.4, 0.5) is 0 Å². The molecule has 5 atom stereocenters. The van der Waals surface area contributed by atoms with Gasteiger partial charge in [-0.05, 0) is 49.4 Å². The topological polar surface area (TPSA) is 42.7 Å². The van der Waals surface area contributed by atoms with Gasteiger partial charge in [0.25, 0.3) is 0 Å². The molecule has 4 nitrogen and oxygen atoms in total. The van der Waals surface area contributed by atoms with Crippen LogP contribution < -0.4 is 5.32 Å². The maximum absolute atomic E-state index is 4.15. The number of fused-ring (bicyclic) bond motifs is 5. The number of nitrogens with zero attached hydrogens (tertiary/aromatic N) is 3. The van der Waals surface area contributed by atoms with Crippen molar-refractivity contribution in [2.45, 2.75) is 44.6 Å². The molecule has 1 aromatic heterocycles. The van der Waals surface area contributed by atoms with Gasteiger partial charge in [0.15, 0.2) is 0 Å². The first-order valence-electron chi connectivity index (χ1n) is 7.89. The van der Waals surface area contributed by atoms with Crippen LogP contribution >= 0.6 is 0 Å². The Hall–Kier alpha value is -0.900. The number of hydrogen-bond donors (Lipinski definition) is 1. The highest BCUT2D eigenvalue weighted by Crippen LogP contribution is 2.58. The van der Waals surface area contributed by atoms with Crippen molar-refractivity contribution in [2.24, 2.45) is 30.7 Å². The second kappa shape index (κ2) is 4.58. The summed E-state index contributed by atoms with van der Waals surface area (Å²) in [5.41, 5.74) is 0. The molecule has 3 fully saturated rings. The Morgan fingerprint density at radius 3 is 3.00 bits per heavy atom. The number of aryl methyl sites for hydroxylation is 1. The van der Waals surface area contributed by atoms with E-state index in [0.717, 1.165) is 48.5 Å². The summed E-state index contributed by atoms with van der Waals surface area (Å²) in [4.78, 5) is 0. The van der Waals surface area contributed by atoms with Crippen LogP contribution in [-0.4, -0.2) is 27.4 Å². The van der Waals surface area contributed by atoms with Crippen molar-refractivity contribution in [3.8, 4) is 0 Å². The molecule has 0 spiro atoms. The second-order valence-corrected chi connectivity index (χ2v) is 6.82. The van der Waals surface area contributed by atoms with E-state index in [1.807, 2.05) is 11.6 Å². The quantitative estimate of drug-likeness (QED) is 0.897. The van der Waals surface area contributed by atoms with Gasteiger partial charge in [-0.25, -0.2) is 0 Å². The Morgan fingerprint density at radius 1 is 1.26 bits per heavy atom. The largest absolute Gasteiger partial charge is 0.321 e. The van der Waals surface area contributed by atoms with E-state index in [-0.39, 0.29) is 0 Å². The highest BCUT2D eigenvalue weighted by Gasteiger charge is 2.53. The van der Waals surface area contributed by atoms with Crippen molar-refractivity contribution in [2.75, 3.05) is 6.54 Å². The van der Waals surface area contributed by atoms with Gasteiger partial charge >= 0.3 is 0 Å². The Labute approximate surface area is 115 Å². The van der Waals surface area contributed by atoms with Gasteiger partial charge in [-0.3, -0.25) is 0 Å². The first-order chi connectivity index (χ1) is 9.33. The van der Waals surface area contributed by atoms with Crippen LogP contribution in [0.25, 0.3) is 0 Å². The molecule has 3 aliphatic rings. The monoisotopic (exact) mass is 260 g/mol. The van der Waals surface area contributed by atoms with Crippen LogP contribution in [0.1, 0.15) is 37.9 Å². The van der Waals surface area contributed by atoms with E-state index in [1.165, 1.54) is 32.1 Å². The lowest BCUT2D eigenvalue weighted by molar-refractivity contribution is 0.209. The molecule has 1 N–H and O–H groups in total. The van der Waals surface area contributed by atoms with E-state index < -0.39 is 0 Å². The van der Waals surface area contributed by atoms with Crippen LogP contribution in [0.2, 0.25) is 0 Å². The summed E-state index contributed by atoms with van der Waals surface area (Å²) < 4.78 is 2.02. The molecule has 3 aliphatic carbocycles. The van der Waals surface area contributed by atoms with Gasteiger partial charge in [0.05, 0.1) is 0 Å². The molecular weight excluding hydrogens is 236 g/mol. The highest BCUT2D eigenvalue weighted by molar-refractivity contribution is 5.05. The summed E-state index contributed by atoms with van der Waals surface area (Å²) in [5.74, 6) is 5.28. The molecule has 4 rings (SSSR count). The normalized spacial score (nSPS) is 39.9. The number of nitrogens with one attached hydrogen (secondary N) is 1. The van der Waals surface area contributed by atoms with Gasteiger partial charge in [0.1, 0.15) is 12.2 Å². The van der Waals surface area contributed by atoms with Crippen molar-refractivity contribution < 1.29 is 0 Å². The molecular formula is C15H24N4. The Bertz CT molecular complexity index is 455. The van der Waals surface area contributed by atoms with Crippen molar-refractivity contribution in [3.05, 3.63) is 12.2 Å². The SMILES string of the molecule is Cn1cnnc1CCNC1CC2CC1C1CCCC21. The van der Waals surface area contributed by atoms with Gasteiger partial charge in [0.2, 0.25) is 0 Å². The summed E-state index contributed by atoms with van der Waals surface area (Å²) in [6.07, 6.45) is 10.3. The average Bonchev–Trinajstić information content (AvgIpc) is 3.11. The Balaban J connectivity index is 1.32. The zero-order valence-corrected chi connectivity index (χ0v) is 11.8. The van der Waals surface area contributed by atoms with Gasteiger partial charge in [-0.1, -0.05) is 6.42 Å². The van der Waals surface area contributed by atoms with Crippen LogP contribution in [-0.2, 0) is 13.5 Å². The smallest absolute Gasteiger partial charge is 0.133 e. The van der Waals surface area contributed by atoms with E-state index in [4.69, 9.17) is 0 Å². The third kappa shape index (κ3) is 1.92. The molecule has 2 bridgehead atoms. The predicted octanol–water partition coefficient (Wildman–Crippen LogP) is 1.77. The molecule has 0 radical (unpaired) electrons. The van der Waals surface area contributed by atoms with Crippen LogP contribution in [0.15, 0.2) is 6.33 Å². The lowest BCUT2D eigenvalue weighted by atomic mass is 9.79. The minimum Gasteiger partial charge on any atom is -0.321 e. The molecule has 4 heteroatoms. The summed E-state index contributed by atoms with van der Waals surface area (Å²) in [5, 5.41) is 11.9. The fourth-order valence-corrected chi connectivity index (χ4v) is 5.21. The molecule has 3 saturated carbocycles. The molecule has 0 amide bonds. The second-order valence-electron chi connectivity index (χ2n) is 6.82. The number of hydrogen-bond acceptors (Lipinski definition) is 3. The predicted molar refractivity (Wildman–Crippen MR) is 73.5 cm³/mol. The van der Waals surface area contributed by atoms with E-state index in [2.05, 4.69) is 15.5 Å². The zero-order valence-electron chi connectivity index (χ0n) is 11.8. The van der Waals surface area contributed by atoms with E-state index in [1.54, 1.807) is 6.33 Å². The third-order valence-electron chi connectivity index (χ3n) is 5.99. The molecule has 1 heterocycles. The van der Waals surface area contributed by atoms with Gasteiger partial charge in [0, 0.05) is 26.1 Å². The van der Waals surface area contributed by atoms with E-state index in [9.17, 15) is 0 Å². The van der Waals surface area contributed by atoms with Crippen molar-refractivity contribution in [1.82, 2.24) is 20.1 Å². The fourth-order valence-electron chi connectivity index (χ4n) is 5.21. The van der Waals surface area contributed by atoms with Gasteiger partial charge in [-0.2, -0.15) is 0 Å². The van der Waals surface area contributed by atoms with Crippen molar-refractivity contribution in [3.63, 3.8) is 0 Å². The molecule has 104 valence electrons. The first-order valence-corrected chi connectivity index (χ1v) is 7.89. The van der Waals surface area contributed by atoms with Gasteiger partial charge < -0.3 is 9.88 Å². The van der Waals surface area contributed by atoms with Gasteiger partial charge in [-0.15, -0.1) is 10.2 Å². The molecule has 5 unspecified atom stereocenters. The maximum Gasteiger partial charge on any atom is 0.133 e. The minimum atomic E-state index is 0.789. The third-order valence-corrected chi connectivity index (χ3v) is 5.99. The summed E-state index contributed by atoms with van der Waals surface area (Å²) >= 11 is 0. The Kier molecular flexibility index (Phi) is 2.87. The first kappa shape index (κ1) is 11.9. The number of aromatic nitrogens is 3. The van der Waals surface area contributed by atoms with Crippen LogP contribution in [0.3, 0.4) is 0 Å². The molecule has 0 aromatic carbocycles. The number of rotatable bonds is 4. The summed E-state index contributed by atoms with van der Waals surface area (Å²) in [6, 6.07) is 0.789. The molecule has 1 aromatic rings. The van der Waals surface area contributed by atoms with Crippen LogP contribution in [0, 0.1) is 23.7 Å². The summed E-state index contributed by atoms with van der Waals surface area (Å²) in [7, 11) is 2.02. The van der Waals surface area contributed by atoms with E-state index >= 15 is 0 Å². The van der Waals surface area contributed by atoms with Crippen molar-refractivity contribution in [1.29, 1.82) is 0 Å². The van der Waals surface area contributed by atoms with E-state index in [0.29, 0.717) is 0 Å². The zero-order chi connectivity index (χ0) is 12.8. The average molecular weight is 260 g/mol. The Morgan fingerprint density at radius 2 is 2.16 bits per heavy atom. The molecule has 0 aliphatic heterocycles. The fraction of sp³-hybridized carbons (Fsp3) is 0.867. The minimum absolute atomic E-state index is 0.789. The standard InChI is InChI=1S/C15H24N4/c1-19-9-17-18-15(19)5-6-16-14-8-10-7-13(14)12-4-2-3-11(10)12/h9-14,16H,2-8H2,1H3. The summed E-state index contributed by atoms with van der Waals surface area (Å²) in [6.45, 7) is 1.05. The molecule has 19 heavy (non-hydrogen) atoms. The molecule has 0 saturated heterocycles. The lowest BCUT2D eigenvalue weighted by Crippen LogP contribution is -2.40. The maximum atomic E-state index is 4.15. The van der Waals surface area contributed by atoms with Crippen LogP contribution in [0.5, 0.6) is 0 Å². The highest BCUT2D eigenvalue weighted by atomic mass is 15.2. The lowest BCUT2D eigenvalue weighted by Gasteiger charge is -2.32. The van der Waals surface area contributed by atoms with Crippen molar-refractivity contribution >= 4 is 0 Å².